The standard InChI is InChI=1S/C88H144N12O20/c1-27-29-30-53(15)73(120-85(116)119-46-118-84(115)60(89)33-34-67(103)88(117)38-36-59-58-32-31-56-43-57(101)35-37-86(56,18)69(58)66(102)44-87(59,88)19)72-77(108)92-61(28-2)79(110)94(20)45-68(104)95(21)62(39-47(3)4)76(107)93-70(51(11)12)82(113)96(22)63(40-48(5)6)75(106)90-54(16)74(105)91-55(17)78(109)97(23)64(41-49(7)8)80(111)98(24)65(42-50(9)10)81(112)99(25)71(52(13)14)83(114)100(72)26/h27,29,35,37,43,47-55,58-66,69-73,102,117H,28,30-34,36,38-42,44-46,89H2,1-26H3,(H,90,106)(H,91,105)(H,92,108)(H,93,107)/b29-27+/t53-,54?,55?,58?,59?,60-,61-,62+,63?,64-,65?,66+,69?,70?,71?,72?,73?,86+,87+,88+/m1/s1. The Bertz CT molecular complexity index is 3800. The Labute approximate surface area is 711 Å². The van der Waals surface area contributed by atoms with E-state index in [9.17, 15) is 63.0 Å². The van der Waals surface area contributed by atoms with E-state index in [0.29, 0.717) is 19.3 Å². The van der Waals surface area contributed by atoms with Crippen LogP contribution in [0.3, 0.4) is 0 Å². The minimum atomic E-state index is -1.92. The van der Waals surface area contributed by atoms with Gasteiger partial charge in [-0.3, -0.25) is 67.1 Å². The first-order chi connectivity index (χ1) is 55.7. The number of nitrogens with zero attached hydrogens (tertiary/aromatic N) is 7. The molecule has 32 nitrogen and oxygen atoms in total. The van der Waals surface area contributed by atoms with Crippen molar-refractivity contribution in [3.63, 3.8) is 0 Å². The third kappa shape index (κ3) is 24.0. The summed E-state index contributed by atoms with van der Waals surface area (Å²) in [5.41, 5.74) is 3.82. The number of ketones is 2. The van der Waals surface area contributed by atoms with E-state index in [0.717, 1.165) is 20.3 Å². The fourth-order valence-corrected chi connectivity index (χ4v) is 18.6. The average Bonchev–Trinajstić information content (AvgIpc) is 1.39. The van der Waals surface area contributed by atoms with Gasteiger partial charge in [0.15, 0.2) is 11.6 Å². The zero-order chi connectivity index (χ0) is 91.1. The number of fused-ring (bicyclic) bond motifs is 5. The normalized spacial score (nSPS) is 31.0. The van der Waals surface area contributed by atoms with Crippen molar-refractivity contribution in [2.24, 2.45) is 75.7 Å². The van der Waals surface area contributed by atoms with Gasteiger partial charge in [-0.2, -0.15) is 0 Å². The van der Waals surface area contributed by atoms with Crippen molar-refractivity contribution in [3.8, 4) is 0 Å². The summed E-state index contributed by atoms with van der Waals surface area (Å²) in [4.78, 5) is 228. The molecule has 120 heavy (non-hydrogen) atoms. The fourth-order valence-electron chi connectivity index (χ4n) is 18.6. The van der Waals surface area contributed by atoms with E-state index in [4.69, 9.17) is 19.9 Å². The van der Waals surface area contributed by atoms with Crippen LogP contribution in [0, 0.1) is 70.0 Å². The summed E-state index contributed by atoms with van der Waals surface area (Å²) in [6.07, 6.45) is 5.92. The highest BCUT2D eigenvalue weighted by Crippen LogP contribution is 2.67. The number of carbonyl (C=O) groups excluding carboxylic acids is 15. The van der Waals surface area contributed by atoms with Crippen LogP contribution in [0.25, 0.3) is 0 Å². The van der Waals surface area contributed by atoms with Gasteiger partial charge in [-0.1, -0.05) is 135 Å². The quantitative estimate of drug-likeness (QED) is 0.0371. The van der Waals surface area contributed by atoms with Gasteiger partial charge < -0.3 is 85.7 Å². The maximum Gasteiger partial charge on any atom is 0.511 e. The van der Waals surface area contributed by atoms with Crippen LogP contribution in [0.15, 0.2) is 36.0 Å². The van der Waals surface area contributed by atoms with E-state index < -0.39 is 209 Å². The highest BCUT2D eigenvalue weighted by Gasteiger charge is 2.68. The highest BCUT2D eigenvalue weighted by atomic mass is 16.8. The first kappa shape index (κ1) is 102. The third-order valence-electron chi connectivity index (χ3n) is 25.7. The highest BCUT2D eigenvalue weighted by molar-refractivity contribution is 6.02. The first-order valence-corrected chi connectivity index (χ1v) is 43.0. The predicted molar refractivity (Wildman–Crippen MR) is 450 cm³/mol. The Hall–Kier alpha value is -8.65. The molecule has 4 fully saturated rings. The molecule has 5 aliphatic rings. The Morgan fingerprint density at radius 2 is 1.12 bits per heavy atom. The number of esters is 1. The molecule has 1 aliphatic heterocycles. The molecule has 8 N–H and O–H groups in total. The van der Waals surface area contributed by atoms with Crippen molar-refractivity contribution in [2.45, 2.75) is 299 Å². The van der Waals surface area contributed by atoms with E-state index in [1.807, 2.05) is 75.3 Å². The van der Waals surface area contributed by atoms with Crippen LogP contribution in [0.5, 0.6) is 0 Å². The van der Waals surface area contributed by atoms with E-state index in [1.54, 1.807) is 66.7 Å². The van der Waals surface area contributed by atoms with Gasteiger partial charge >= 0.3 is 12.1 Å². The number of aliphatic hydroxyl groups is 2. The number of hydrogen-bond donors (Lipinski definition) is 7. The maximum absolute atomic E-state index is 15.9. The second kappa shape index (κ2) is 43.4. The number of nitrogens with one attached hydrogen (secondary N) is 4. The molecule has 0 spiro atoms. The lowest BCUT2D eigenvalue weighted by Gasteiger charge is -2.59. The topological polar surface area (TPSA) is 421 Å². The minimum absolute atomic E-state index is 0.0349. The van der Waals surface area contributed by atoms with Gasteiger partial charge in [0.1, 0.15) is 78.2 Å². The number of nitrogens with two attached hydrogens (primary N) is 1. The van der Waals surface area contributed by atoms with Gasteiger partial charge in [0.2, 0.25) is 71.8 Å². The molecule has 11 amide bonds. The summed E-state index contributed by atoms with van der Waals surface area (Å²) in [6, 6.07) is -15.2. The van der Waals surface area contributed by atoms with Gasteiger partial charge in [-0.05, 0) is 163 Å². The van der Waals surface area contributed by atoms with Crippen molar-refractivity contribution in [1.82, 2.24) is 55.6 Å². The number of carbonyl (C=O) groups is 15. The van der Waals surface area contributed by atoms with E-state index >= 15 is 19.2 Å². The van der Waals surface area contributed by atoms with Gasteiger partial charge in [0.05, 0.1) is 12.6 Å². The van der Waals surface area contributed by atoms with Crippen molar-refractivity contribution in [2.75, 3.05) is 62.7 Å². The van der Waals surface area contributed by atoms with Crippen LogP contribution >= 0.6 is 0 Å². The van der Waals surface area contributed by atoms with Crippen molar-refractivity contribution >= 4 is 88.7 Å². The molecule has 1 saturated heterocycles. The molecule has 0 aromatic heterocycles. The summed E-state index contributed by atoms with van der Waals surface area (Å²) in [5.74, 6) is -13.9. The molecule has 32 heteroatoms. The lowest BCUT2D eigenvalue weighted by Crippen LogP contribution is -2.64. The number of ether oxygens (including phenoxy) is 3. The summed E-state index contributed by atoms with van der Waals surface area (Å²) in [5, 5.41) is 35.4. The Morgan fingerprint density at radius 1 is 0.608 bits per heavy atom. The van der Waals surface area contributed by atoms with Gasteiger partial charge in [0.25, 0.3) is 0 Å². The molecule has 676 valence electrons. The third-order valence-corrected chi connectivity index (χ3v) is 25.7. The predicted octanol–water partition coefficient (Wildman–Crippen LogP) is 5.62. The Balaban J connectivity index is 1.56. The van der Waals surface area contributed by atoms with Crippen LogP contribution in [-0.2, 0) is 81.3 Å². The molecule has 20 atom stereocenters. The van der Waals surface area contributed by atoms with Crippen molar-refractivity contribution in [1.29, 1.82) is 0 Å². The molecule has 0 bridgehead atoms. The Morgan fingerprint density at radius 3 is 1.67 bits per heavy atom. The molecule has 11 unspecified atom stereocenters. The minimum Gasteiger partial charge on any atom is -0.428 e. The van der Waals surface area contributed by atoms with E-state index in [1.165, 1.54) is 88.9 Å². The molecular formula is C88H144N12O20. The van der Waals surface area contributed by atoms with Gasteiger partial charge in [0, 0.05) is 72.5 Å². The largest absolute Gasteiger partial charge is 0.511 e. The number of likely N-dealkylation sites (N-methyl/N-ethyl adjacent to an activating group) is 7. The number of Topliss-reactive ketones (excluding diaryl/α,β-unsaturated/α-hetero) is 1. The van der Waals surface area contributed by atoms with Gasteiger partial charge in [-0.15, -0.1) is 0 Å². The molecule has 3 saturated carbocycles. The molecule has 4 aliphatic carbocycles. The zero-order valence-corrected chi connectivity index (χ0v) is 76.2. The number of hydrogen-bond acceptors (Lipinski definition) is 21. The van der Waals surface area contributed by atoms with E-state index in [-0.39, 0.29) is 111 Å². The summed E-state index contributed by atoms with van der Waals surface area (Å²) in [6.45, 7) is 31.1. The average molecular weight is 1690 g/mol. The molecule has 1 heterocycles. The van der Waals surface area contributed by atoms with Crippen LogP contribution in [-0.4, -0.2) is 280 Å². The van der Waals surface area contributed by atoms with Gasteiger partial charge in [-0.25, -0.2) is 4.79 Å². The van der Waals surface area contributed by atoms with E-state index in [2.05, 4.69) is 21.3 Å². The summed E-state index contributed by atoms with van der Waals surface area (Å²) in [7, 11) is 9.50. The molecule has 0 radical (unpaired) electrons. The van der Waals surface area contributed by atoms with Crippen LogP contribution in [0.4, 0.5) is 4.79 Å². The van der Waals surface area contributed by atoms with Crippen molar-refractivity contribution in [3.05, 3.63) is 36.0 Å². The lowest BCUT2D eigenvalue weighted by molar-refractivity contribution is -0.177. The number of amides is 11. The van der Waals surface area contributed by atoms with Crippen LogP contribution < -0.4 is 27.0 Å². The maximum atomic E-state index is 15.9. The number of aliphatic hydroxyl groups excluding tert-OH is 1. The Kier molecular flexibility index (Phi) is 36.9. The number of allylic oxidation sites excluding steroid dienone is 6. The van der Waals surface area contributed by atoms with Crippen molar-refractivity contribution < 1.29 is 96.3 Å². The monoisotopic (exact) mass is 1690 g/mol. The SMILES string of the molecule is C/C=C/C[C@@H](C)C(OC(=O)OCOC(=O)[C@H](N)CCC(=O)[C@@]1(O)CCC2C3CCC4=CC(=O)C=C[C@]4(C)C3[C@@H](O)C[C@@]21C)C1C(=O)N[C@H](CC)C(=O)N(C)CC(=O)N(C)[C@@H](CC(C)C)C(=O)NC(C(C)C)C(=O)N(C)C(CC(C)C)C(=O)NC(C)C(=O)NC(C)C(=O)N(C)[C@H](CC(C)C)C(=O)N(C)C(CC(C)C)C(=O)N(C)C(C(C)C)C(=O)N1C. The van der Waals surface area contributed by atoms with Crippen LogP contribution in [0.2, 0.25) is 0 Å². The second-order valence-corrected chi connectivity index (χ2v) is 37.3. The molecular weight excluding hydrogens is 1550 g/mol. The summed E-state index contributed by atoms with van der Waals surface area (Å²) < 4.78 is 16.8. The first-order valence-electron chi connectivity index (χ1n) is 43.0. The van der Waals surface area contributed by atoms with Crippen LogP contribution in [0.1, 0.15) is 215 Å². The lowest BCUT2D eigenvalue weighted by atomic mass is 9.46. The zero-order valence-electron chi connectivity index (χ0n) is 76.2. The molecule has 0 aromatic carbocycles. The second-order valence-electron chi connectivity index (χ2n) is 37.3. The molecule has 0 aromatic rings. The fraction of sp³-hybridized carbons (Fsp3) is 0.761. The summed E-state index contributed by atoms with van der Waals surface area (Å²) >= 11 is 0. The number of rotatable bonds is 23. The molecule has 5 rings (SSSR count). The smallest absolute Gasteiger partial charge is 0.428 e.